The second kappa shape index (κ2) is 4.74. The Morgan fingerprint density at radius 1 is 1.24 bits per heavy atom. The first-order valence-corrected chi connectivity index (χ1v) is 7.54. The molecule has 0 amide bonds. The van der Waals surface area contributed by atoms with Crippen LogP contribution < -0.4 is 5.32 Å². The second-order valence-electron chi connectivity index (χ2n) is 5.69. The molecule has 0 saturated heterocycles. The summed E-state index contributed by atoms with van der Waals surface area (Å²) in [6.07, 6.45) is 5.80. The molecule has 92 valence electrons. The van der Waals surface area contributed by atoms with Crippen LogP contribution in [0.1, 0.15) is 44.2 Å². The van der Waals surface area contributed by atoms with E-state index in [-0.39, 0.29) is 0 Å². The van der Waals surface area contributed by atoms with Crippen molar-refractivity contribution in [2.45, 2.75) is 44.7 Å². The molecule has 0 aromatic heterocycles. The molecule has 1 aromatic carbocycles. The highest BCUT2D eigenvalue weighted by molar-refractivity contribution is 9.10. The molecule has 2 saturated carbocycles. The molecule has 0 aliphatic heterocycles. The summed E-state index contributed by atoms with van der Waals surface area (Å²) in [4.78, 5) is 0. The largest absolute Gasteiger partial charge is 0.307 e. The molecule has 1 N–H and O–H groups in total. The van der Waals surface area contributed by atoms with E-state index in [0.29, 0.717) is 6.04 Å². The van der Waals surface area contributed by atoms with Gasteiger partial charge >= 0.3 is 0 Å². The van der Waals surface area contributed by atoms with Crippen molar-refractivity contribution in [2.75, 3.05) is 0 Å². The van der Waals surface area contributed by atoms with E-state index in [1.165, 1.54) is 35.7 Å². The van der Waals surface area contributed by atoms with E-state index in [0.717, 1.165) is 17.9 Å². The number of halogens is 1. The third kappa shape index (κ3) is 2.30. The zero-order valence-electron chi connectivity index (χ0n) is 10.3. The minimum atomic E-state index is 0.454. The van der Waals surface area contributed by atoms with E-state index in [1.54, 1.807) is 0 Å². The monoisotopic (exact) mass is 293 g/mol. The van der Waals surface area contributed by atoms with Gasteiger partial charge in [0.1, 0.15) is 0 Å². The van der Waals surface area contributed by atoms with Gasteiger partial charge in [0.25, 0.3) is 0 Å². The molecule has 0 heterocycles. The van der Waals surface area contributed by atoms with Crippen LogP contribution in [-0.4, -0.2) is 6.04 Å². The van der Waals surface area contributed by atoms with Crippen LogP contribution in [0.4, 0.5) is 0 Å². The Morgan fingerprint density at radius 2 is 2.06 bits per heavy atom. The predicted octanol–water partition coefficient (Wildman–Crippen LogP) is 4.29. The summed E-state index contributed by atoms with van der Waals surface area (Å²) in [5, 5.41) is 3.84. The van der Waals surface area contributed by atoms with Crippen molar-refractivity contribution in [3.8, 4) is 0 Å². The molecule has 4 unspecified atom stereocenters. The van der Waals surface area contributed by atoms with Crippen LogP contribution in [-0.2, 0) is 0 Å². The highest BCUT2D eigenvalue weighted by Crippen LogP contribution is 2.45. The summed E-state index contributed by atoms with van der Waals surface area (Å²) < 4.78 is 1.23. The first kappa shape index (κ1) is 11.7. The third-order valence-electron chi connectivity index (χ3n) is 4.57. The molecule has 2 heteroatoms. The van der Waals surface area contributed by atoms with Crippen molar-refractivity contribution < 1.29 is 0 Å². The van der Waals surface area contributed by atoms with Crippen molar-refractivity contribution in [1.29, 1.82) is 0 Å². The molecule has 3 rings (SSSR count). The van der Waals surface area contributed by atoms with Crippen LogP contribution in [0.2, 0.25) is 0 Å². The van der Waals surface area contributed by atoms with E-state index < -0.39 is 0 Å². The van der Waals surface area contributed by atoms with Crippen molar-refractivity contribution >= 4 is 15.9 Å². The fourth-order valence-electron chi connectivity index (χ4n) is 3.69. The molecule has 2 bridgehead atoms. The lowest BCUT2D eigenvalue weighted by Gasteiger charge is -2.27. The van der Waals surface area contributed by atoms with Crippen molar-refractivity contribution in [3.05, 3.63) is 34.3 Å². The summed E-state index contributed by atoms with van der Waals surface area (Å²) in [6.45, 7) is 2.28. The normalized spacial score (nSPS) is 32.9. The maximum atomic E-state index is 3.84. The summed E-state index contributed by atoms with van der Waals surface area (Å²) in [7, 11) is 0. The molecular weight excluding hydrogens is 274 g/mol. The van der Waals surface area contributed by atoms with Gasteiger partial charge in [-0.15, -0.1) is 0 Å². The standard InChI is InChI=1S/C15H20BrN/c1-10(13-4-2-3-5-14(13)16)17-15-9-11-6-7-12(15)8-11/h2-5,10-12,15,17H,6-9H2,1H3. The smallest absolute Gasteiger partial charge is 0.0305 e. The van der Waals surface area contributed by atoms with E-state index in [2.05, 4.69) is 52.4 Å². The highest BCUT2D eigenvalue weighted by atomic mass is 79.9. The fraction of sp³-hybridized carbons (Fsp3) is 0.600. The van der Waals surface area contributed by atoms with Crippen LogP contribution >= 0.6 is 15.9 Å². The van der Waals surface area contributed by atoms with E-state index in [1.807, 2.05) is 0 Å². The molecule has 4 atom stereocenters. The average Bonchev–Trinajstić information content (AvgIpc) is 2.91. The lowest BCUT2D eigenvalue weighted by atomic mass is 9.94. The molecule has 1 nitrogen and oxygen atoms in total. The van der Waals surface area contributed by atoms with E-state index in [9.17, 15) is 0 Å². The predicted molar refractivity (Wildman–Crippen MR) is 74.9 cm³/mol. The van der Waals surface area contributed by atoms with Crippen LogP contribution in [0.25, 0.3) is 0 Å². The molecule has 2 aliphatic rings. The van der Waals surface area contributed by atoms with Crippen LogP contribution in [0.15, 0.2) is 28.7 Å². The number of fused-ring (bicyclic) bond motifs is 2. The summed E-state index contributed by atoms with van der Waals surface area (Å²) >= 11 is 3.65. The van der Waals surface area contributed by atoms with Gasteiger partial charge in [-0.25, -0.2) is 0 Å². The quantitative estimate of drug-likeness (QED) is 0.877. The molecule has 1 aromatic rings. The van der Waals surface area contributed by atoms with Crippen molar-refractivity contribution in [2.24, 2.45) is 11.8 Å². The van der Waals surface area contributed by atoms with Crippen LogP contribution in [0.5, 0.6) is 0 Å². The van der Waals surface area contributed by atoms with Gasteiger partial charge < -0.3 is 5.32 Å². The van der Waals surface area contributed by atoms with Crippen molar-refractivity contribution in [3.63, 3.8) is 0 Å². The molecule has 2 fully saturated rings. The first-order valence-electron chi connectivity index (χ1n) is 6.74. The SMILES string of the molecule is CC(NC1CC2CCC1C2)c1ccccc1Br. The molecule has 17 heavy (non-hydrogen) atoms. The Hall–Kier alpha value is -0.340. The summed E-state index contributed by atoms with van der Waals surface area (Å²) in [5.74, 6) is 1.97. The van der Waals surface area contributed by atoms with Crippen molar-refractivity contribution in [1.82, 2.24) is 5.32 Å². The number of rotatable bonds is 3. The zero-order chi connectivity index (χ0) is 11.8. The highest BCUT2D eigenvalue weighted by Gasteiger charge is 2.39. The lowest BCUT2D eigenvalue weighted by molar-refractivity contribution is 0.326. The maximum Gasteiger partial charge on any atom is 0.0305 e. The van der Waals surface area contributed by atoms with Gasteiger partial charge in [0.2, 0.25) is 0 Å². The van der Waals surface area contributed by atoms with Gasteiger partial charge in [-0.1, -0.05) is 40.5 Å². The number of nitrogens with one attached hydrogen (secondary N) is 1. The molecule has 0 radical (unpaired) electrons. The van der Waals surface area contributed by atoms with Gasteiger partial charge in [-0.2, -0.15) is 0 Å². The minimum Gasteiger partial charge on any atom is -0.307 e. The van der Waals surface area contributed by atoms with Gasteiger partial charge in [0.15, 0.2) is 0 Å². The molecule has 2 aliphatic carbocycles. The van der Waals surface area contributed by atoms with Crippen LogP contribution in [0.3, 0.4) is 0 Å². The summed E-state index contributed by atoms with van der Waals surface area (Å²) in [5.41, 5.74) is 1.38. The van der Waals surface area contributed by atoms with E-state index >= 15 is 0 Å². The third-order valence-corrected chi connectivity index (χ3v) is 5.30. The lowest BCUT2D eigenvalue weighted by Crippen LogP contribution is -2.35. The number of hydrogen-bond donors (Lipinski definition) is 1. The summed E-state index contributed by atoms with van der Waals surface area (Å²) in [6, 6.07) is 9.77. The number of benzene rings is 1. The Morgan fingerprint density at radius 3 is 2.71 bits per heavy atom. The number of hydrogen-bond acceptors (Lipinski definition) is 1. The maximum absolute atomic E-state index is 3.84. The van der Waals surface area contributed by atoms with Gasteiger partial charge in [0, 0.05) is 16.6 Å². The van der Waals surface area contributed by atoms with Gasteiger partial charge in [-0.3, -0.25) is 0 Å². The van der Waals surface area contributed by atoms with E-state index in [4.69, 9.17) is 0 Å². The van der Waals surface area contributed by atoms with Gasteiger partial charge in [0.05, 0.1) is 0 Å². The van der Waals surface area contributed by atoms with Crippen LogP contribution in [0, 0.1) is 11.8 Å². The minimum absolute atomic E-state index is 0.454. The molecule has 0 spiro atoms. The van der Waals surface area contributed by atoms with Gasteiger partial charge in [-0.05, 0) is 49.7 Å². The second-order valence-corrected chi connectivity index (χ2v) is 6.55. The molecular formula is C15H20BrN. The average molecular weight is 294 g/mol. The Bertz CT molecular complexity index is 404. The Kier molecular flexibility index (Phi) is 3.27. The topological polar surface area (TPSA) is 12.0 Å². The fourth-order valence-corrected chi connectivity index (χ4v) is 4.31. The Labute approximate surface area is 112 Å². The first-order chi connectivity index (χ1) is 8.24. The Balaban J connectivity index is 1.68. The zero-order valence-corrected chi connectivity index (χ0v) is 11.9.